The number of thioether (sulfide) groups is 1. The number of rotatable bonds is 14. The molecule has 5 aromatic rings. The number of carbonyl (C=O) groups excluding carboxylic acids is 3. The van der Waals surface area contributed by atoms with E-state index in [0.717, 1.165) is 0 Å². The molecule has 0 aliphatic heterocycles. The molecule has 2 saturated carbocycles. The summed E-state index contributed by atoms with van der Waals surface area (Å²) >= 11 is 1.42. The monoisotopic (exact) mass is 786 g/mol. The summed E-state index contributed by atoms with van der Waals surface area (Å²) in [4.78, 5) is 53.2. The third kappa shape index (κ3) is 8.65. The van der Waals surface area contributed by atoms with Crippen LogP contribution in [0.5, 0.6) is 23.0 Å². The Morgan fingerprint density at radius 2 is 1.27 bits per heavy atom. The van der Waals surface area contributed by atoms with E-state index >= 15 is 4.39 Å². The van der Waals surface area contributed by atoms with Gasteiger partial charge >= 0.3 is 5.97 Å². The third-order valence-electron chi connectivity index (χ3n) is 9.83. The molecule has 2 fully saturated rings. The molecule has 4 aromatic carbocycles. The Labute approximate surface area is 324 Å². The summed E-state index contributed by atoms with van der Waals surface area (Å²) in [6, 6.07) is 20.4. The van der Waals surface area contributed by atoms with E-state index < -0.39 is 34.3 Å². The highest BCUT2D eigenvalue weighted by Crippen LogP contribution is 2.49. The number of hydrogen-bond acceptors (Lipinski definition) is 9. The molecule has 1 aromatic heterocycles. The average Bonchev–Trinajstić information content (AvgIpc) is 4.12. The molecule has 0 unspecified atom stereocenters. The quantitative estimate of drug-likeness (QED) is 0.0833. The Hall–Kier alpha value is -5.89. The van der Waals surface area contributed by atoms with E-state index in [9.17, 15) is 28.0 Å². The second-order valence-electron chi connectivity index (χ2n) is 13.5. The fourth-order valence-electron chi connectivity index (χ4n) is 6.14. The van der Waals surface area contributed by atoms with Gasteiger partial charge in [0, 0.05) is 36.0 Å². The predicted molar refractivity (Wildman–Crippen MR) is 203 cm³/mol. The third-order valence-corrected chi connectivity index (χ3v) is 10.5. The maximum atomic E-state index is 15.2. The Morgan fingerprint density at radius 1 is 0.714 bits per heavy atom. The molecule has 2 N–H and O–H groups in total. The van der Waals surface area contributed by atoms with Crippen LogP contribution in [0.1, 0.15) is 36.8 Å². The number of pyridine rings is 1. The summed E-state index contributed by atoms with van der Waals surface area (Å²) in [5.41, 5.74) is -0.214. The summed E-state index contributed by atoms with van der Waals surface area (Å²) in [6.07, 6.45) is 3.51. The van der Waals surface area contributed by atoms with E-state index in [1.54, 1.807) is 36.4 Å². The number of hydrogen-bond donors (Lipinski definition) is 2. The lowest BCUT2D eigenvalue weighted by molar-refractivity contribution is -0.147. The smallest absolute Gasteiger partial charge is 0.319 e. The molecule has 14 heteroatoms. The van der Waals surface area contributed by atoms with Crippen molar-refractivity contribution in [1.82, 2.24) is 4.98 Å². The minimum Gasteiger partial charge on any atom is -0.493 e. The van der Waals surface area contributed by atoms with E-state index in [4.69, 9.17) is 19.3 Å². The van der Waals surface area contributed by atoms with Crippen LogP contribution in [0.4, 0.5) is 18.9 Å². The van der Waals surface area contributed by atoms with Gasteiger partial charge in [0.25, 0.3) is 0 Å². The summed E-state index contributed by atoms with van der Waals surface area (Å²) in [7, 11) is 3.06. The van der Waals surface area contributed by atoms with E-state index in [1.165, 1.54) is 74.5 Å². The number of carboxylic acid groups (broad SMARTS) is 1. The highest BCUT2D eigenvalue weighted by molar-refractivity contribution is 7.98. The lowest BCUT2D eigenvalue weighted by atomic mass is 9.88. The van der Waals surface area contributed by atoms with Gasteiger partial charge in [-0.15, -0.1) is 11.8 Å². The standard InChI is InChI=1S/C31H27F2NO5S.C11H10FNO3/c1-37-26-15-21-23(16-27(26)38-2)34-30(40-3)17-25(21)39-24-9-6-19(12-22(24)33)14-29(36)31(10-11-31)28(35)13-18-4-7-20(32)8-5-18;12-7-1-3-8(4-2-7)13-9(14)11(5-6-11)10(15)16/h4-9,12,15-17H,10-11,13-14H2,1-3H3;1-4H,5-6H2,(H,13,14)(H,15,16). The lowest BCUT2D eigenvalue weighted by Gasteiger charge is -2.15. The van der Waals surface area contributed by atoms with E-state index in [-0.39, 0.29) is 36.0 Å². The first kappa shape index (κ1) is 39.8. The summed E-state index contributed by atoms with van der Waals surface area (Å²) < 4.78 is 57.8. The van der Waals surface area contributed by atoms with Gasteiger partial charge in [0.2, 0.25) is 5.91 Å². The van der Waals surface area contributed by atoms with Crippen LogP contribution >= 0.6 is 11.8 Å². The molecule has 10 nitrogen and oxygen atoms in total. The molecule has 0 bridgehead atoms. The molecule has 290 valence electrons. The SMILES string of the molecule is COc1cc2nc(SC)cc(Oc3ccc(CC(=O)C4(C(=O)Cc5ccc(F)cc5)CC4)cc3F)c2cc1OC.O=C(O)C1(C(=O)Nc2ccc(F)cc2)CC1. The van der Waals surface area contributed by atoms with Crippen molar-refractivity contribution in [2.24, 2.45) is 10.8 Å². The van der Waals surface area contributed by atoms with Crippen LogP contribution in [0.15, 0.2) is 90.0 Å². The van der Waals surface area contributed by atoms with Crippen LogP contribution in [0.3, 0.4) is 0 Å². The first-order valence-corrected chi connectivity index (χ1v) is 18.7. The Morgan fingerprint density at radius 3 is 1.80 bits per heavy atom. The van der Waals surface area contributed by atoms with E-state index in [0.29, 0.717) is 75.7 Å². The molecule has 0 radical (unpaired) electrons. The van der Waals surface area contributed by atoms with Crippen molar-refractivity contribution in [3.8, 4) is 23.0 Å². The van der Waals surface area contributed by atoms with Gasteiger partial charge in [-0.1, -0.05) is 18.2 Å². The molecule has 0 spiro atoms. The number of amides is 1. The zero-order valence-electron chi connectivity index (χ0n) is 30.6. The molecule has 2 aliphatic rings. The largest absolute Gasteiger partial charge is 0.493 e. The highest BCUT2D eigenvalue weighted by Gasteiger charge is 2.57. The number of aliphatic carboxylic acids is 1. The van der Waals surface area contributed by atoms with Gasteiger partial charge in [-0.2, -0.15) is 0 Å². The second kappa shape index (κ2) is 16.5. The maximum Gasteiger partial charge on any atom is 0.319 e. The summed E-state index contributed by atoms with van der Waals surface area (Å²) in [6.45, 7) is 0. The van der Waals surface area contributed by atoms with Crippen molar-refractivity contribution >= 4 is 51.8 Å². The zero-order chi connectivity index (χ0) is 40.2. The number of Topliss-reactive ketones (excluding diaryl/α,β-unsaturated/α-hetero) is 2. The lowest BCUT2D eigenvalue weighted by Crippen LogP contribution is -2.31. The molecule has 7 rings (SSSR count). The summed E-state index contributed by atoms with van der Waals surface area (Å²) in [5, 5.41) is 12.6. The van der Waals surface area contributed by atoms with Crippen LogP contribution in [0, 0.1) is 28.3 Å². The number of carbonyl (C=O) groups is 4. The van der Waals surface area contributed by atoms with Crippen LogP contribution in [-0.2, 0) is 32.0 Å². The molecule has 1 amide bonds. The number of carboxylic acids is 1. The Kier molecular flexibility index (Phi) is 11.7. The number of nitrogens with zero attached hydrogens (tertiary/aromatic N) is 1. The number of fused-ring (bicyclic) bond motifs is 1. The molecular weight excluding hydrogens is 750 g/mol. The zero-order valence-corrected chi connectivity index (χ0v) is 31.4. The number of ether oxygens (including phenoxy) is 3. The van der Waals surface area contributed by atoms with Crippen molar-refractivity contribution in [1.29, 1.82) is 0 Å². The average molecular weight is 787 g/mol. The Balaban J connectivity index is 0.000000277. The van der Waals surface area contributed by atoms with Gasteiger partial charge in [-0.3, -0.25) is 19.2 Å². The predicted octanol–water partition coefficient (Wildman–Crippen LogP) is 8.38. The molecular formula is C42H37F3N2O8S. The van der Waals surface area contributed by atoms with Gasteiger partial charge in [0.05, 0.1) is 25.2 Å². The number of anilines is 1. The topological polar surface area (TPSA) is 141 Å². The van der Waals surface area contributed by atoms with Gasteiger partial charge < -0.3 is 24.6 Å². The van der Waals surface area contributed by atoms with Crippen LogP contribution in [0.2, 0.25) is 0 Å². The fraction of sp³-hybridized carbons (Fsp3) is 0.262. The highest BCUT2D eigenvalue weighted by atomic mass is 32.2. The summed E-state index contributed by atoms with van der Waals surface area (Å²) in [5.74, 6) is -2.12. The Bertz CT molecular complexity index is 2310. The first-order chi connectivity index (χ1) is 26.8. The molecule has 0 atom stereocenters. The minimum atomic E-state index is -1.27. The van der Waals surface area contributed by atoms with Crippen LogP contribution in [0.25, 0.3) is 10.9 Å². The second-order valence-corrected chi connectivity index (χ2v) is 14.3. The van der Waals surface area contributed by atoms with Gasteiger partial charge in [-0.25, -0.2) is 18.2 Å². The number of methoxy groups -OCH3 is 2. The van der Waals surface area contributed by atoms with Gasteiger partial charge in [0.1, 0.15) is 27.8 Å². The van der Waals surface area contributed by atoms with Crippen molar-refractivity contribution < 1.29 is 51.7 Å². The molecule has 0 saturated heterocycles. The normalized spacial score (nSPS) is 14.5. The minimum absolute atomic E-state index is 0.0148. The number of ketones is 2. The maximum absolute atomic E-state index is 15.2. The fourth-order valence-corrected chi connectivity index (χ4v) is 6.55. The molecule has 1 heterocycles. The van der Waals surface area contributed by atoms with E-state index in [1.807, 2.05) is 6.26 Å². The van der Waals surface area contributed by atoms with Crippen LogP contribution < -0.4 is 19.5 Å². The molecule has 56 heavy (non-hydrogen) atoms. The van der Waals surface area contributed by atoms with Gasteiger partial charge in [-0.05, 0) is 97.7 Å². The number of nitrogens with one attached hydrogen (secondary N) is 1. The van der Waals surface area contributed by atoms with Crippen LogP contribution in [-0.4, -0.2) is 54.0 Å². The number of halogens is 3. The number of benzene rings is 4. The first-order valence-electron chi connectivity index (χ1n) is 17.5. The molecule has 2 aliphatic carbocycles. The van der Waals surface area contributed by atoms with Gasteiger partial charge in [0.15, 0.2) is 34.6 Å². The van der Waals surface area contributed by atoms with Crippen molar-refractivity contribution in [2.75, 3.05) is 25.8 Å². The van der Waals surface area contributed by atoms with Crippen molar-refractivity contribution in [3.05, 3.63) is 114 Å². The van der Waals surface area contributed by atoms with Crippen molar-refractivity contribution in [2.45, 2.75) is 43.6 Å². The number of aromatic nitrogens is 1. The van der Waals surface area contributed by atoms with E-state index in [2.05, 4.69) is 10.3 Å². The van der Waals surface area contributed by atoms with Crippen molar-refractivity contribution in [3.63, 3.8) is 0 Å².